The van der Waals surface area contributed by atoms with Crippen molar-refractivity contribution in [1.82, 2.24) is 4.31 Å². The molecule has 5 nitrogen and oxygen atoms in total. The number of anilines is 1. The van der Waals surface area contributed by atoms with E-state index in [1.165, 1.54) is 22.5 Å². The van der Waals surface area contributed by atoms with E-state index in [9.17, 15) is 8.42 Å². The quantitative estimate of drug-likeness (QED) is 0.863. The number of sulfonamides is 1. The summed E-state index contributed by atoms with van der Waals surface area (Å²) in [6.07, 6.45) is 0.701. The first kappa shape index (κ1) is 14.6. The molecule has 0 amide bonds. The summed E-state index contributed by atoms with van der Waals surface area (Å²) in [5, 5.41) is 0.422. The van der Waals surface area contributed by atoms with Gasteiger partial charge in [-0.05, 0) is 24.6 Å². The van der Waals surface area contributed by atoms with Crippen molar-refractivity contribution >= 4 is 27.3 Å². The predicted molar refractivity (Wildman–Crippen MR) is 74.7 cm³/mol. The molecule has 1 aromatic carbocycles. The summed E-state index contributed by atoms with van der Waals surface area (Å²) in [5.74, 6) is 0. The first-order chi connectivity index (χ1) is 8.96. The lowest BCUT2D eigenvalue weighted by Gasteiger charge is -2.34. The van der Waals surface area contributed by atoms with E-state index in [1.54, 1.807) is 0 Å². The molecule has 1 atom stereocenters. The van der Waals surface area contributed by atoms with Gasteiger partial charge in [-0.15, -0.1) is 0 Å². The van der Waals surface area contributed by atoms with Crippen LogP contribution in [0.25, 0.3) is 0 Å². The van der Waals surface area contributed by atoms with Gasteiger partial charge >= 0.3 is 0 Å². The third kappa shape index (κ3) is 2.86. The summed E-state index contributed by atoms with van der Waals surface area (Å²) in [6, 6.07) is 4.30. The molecule has 0 saturated carbocycles. The Morgan fingerprint density at radius 1 is 1.53 bits per heavy atom. The van der Waals surface area contributed by atoms with Crippen LogP contribution in [0.5, 0.6) is 0 Å². The van der Waals surface area contributed by atoms with Gasteiger partial charge < -0.3 is 10.5 Å². The van der Waals surface area contributed by atoms with Crippen molar-refractivity contribution in [3.8, 4) is 0 Å². The zero-order valence-electron chi connectivity index (χ0n) is 10.7. The van der Waals surface area contributed by atoms with Gasteiger partial charge in [-0.1, -0.05) is 18.5 Å². The van der Waals surface area contributed by atoms with E-state index in [-0.39, 0.29) is 16.6 Å². The number of nitrogen functional groups attached to an aromatic ring is 1. The fourth-order valence-electron chi connectivity index (χ4n) is 2.16. The fraction of sp³-hybridized carbons (Fsp3) is 0.500. The van der Waals surface area contributed by atoms with Crippen molar-refractivity contribution in [3.63, 3.8) is 0 Å². The number of nitrogens with zero attached hydrogens (tertiary/aromatic N) is 1. The average Bonchev–Trinajstić information content (AvgIpc) is 2.38. The van der Waals surface area contributed by atoms with Gasteiger partial charge in [0.15, 0.2) is 0 Å². The van der Waals surface area contributed by atoms with Crippen LogP contribution in [-0.2, 0) is 14.8 Å². The Balaban J connectivity index is 2.40. The molecule has 1 unspecified atom stereocenters. The summed E-state index contributed by atoms with van der Waals surface area (Å²) in [7, 11) is -3.60. The molecule has 2 N–H and O–H groups in total. The van der Waals surface area contributed by atoms with Gasteiger partial charge in [0.05, 0.1) is 18.9 Å². The van der Waals surface area contributed by atoms with E-state index < -0.39 is 10.0 Å². The number of rotatable bonds is 3. The topological polar surface area (TPSA) is 72.6 Å². The fourth-order valence-corrected chi connectivity index (χ4v) is 4.11. The Morgan fingerprint density at radius 2 is 2.26 bits per heavy atom. The molecule has 1 heterocycles. The smallest absolute Gasteiger partial charge is 0.245 e. The lowest BCUT2D eigenvalue weighted by Crippen LogP contribution is -2.48. The largest absolute Gasteiger partial charge is 0.398 e. The molecule has 0 spiro atoms. The van der Waals surface area contributed by atoms with Crippen LogP contribution in [0.3, 0.4) is 0 Å². The third-order valence-corrected chi connectivity index (χ3v) is 5.46. The van der Waals surface area contributed by atoms with Crippen molar-refractivity contribution in [2.45, 2.75) is 24.3 Å². The van der Waals surface area contributed by atoms with Crippen molar-refractivity contribution in [2.24, 2.45) is 0 Å². The average molecular weight is 305 g/mol. The van der Waals surface area contributed by atoms with E-state index >= 15 is 0 Å². The normalized spacial score (nSPS) is 21.5. The van der Waals surface area contributed by atoms with Gasteiger partial charge in [0.25, 0.3) is 0 Å². The van der Waals surface area contributed by atoms with Crippen molar-refractivity contribution in [2.75, 3.05) is 25.5 Å². The molecule has 0 aromatic heterocycles. The standard InChI is InChI=1S/C12H17ClN2O3S/c1-2-10-8-18-6-5-15(10)19(16,17)12-4-3-9(13)7-11(12)14/h3-4,7,10H,2,5-6,8,14H2,1H3. The minimum Gasteiger partial charge on any atom is -0.398 e. The molecule has 2 rings (SSSR count). The van der Waals surface area contributed by atoms with Gasteiger partial charge in [-0.25, -0.2) is 8.42 Å². The Labute approximate surface area is 118 Å². The summed E-state index contributed by atoms with van der Waals surface area (Å²) in [4.78, 5) is 0.109. The molecule has 1 aliphatic heterocycles. The predicted octanol–water partition coefficient (Wildman–Crippen LogP) is 1.72. The highest BCUT2D eigenvalue weighted by Crippen LogP contribution is 2.28. The Morgan fingerprint density at radius 3 is 2.89 bits per heavy atom. The minimum atomic E-state index is -3.60. The van der Waals surface area contributed by atoms with Crippen molar-refractivity contribution in [3.05, 3.63) is 23.2 Å². The molecule has 1 saturated heterocycles. The van der Waals surface area contributed by atoms with Crippen LogP contribution in [0.4, 0.5) is 5.69 Å². The highest BCUT2D eigenvalue weighted by Gasteiger charge is 2.34. The number of benzene rings is 1. The monoisotopic (exact) mass is 304 g/mol. The number of ether oxygens (including phenoxy) is 1. The number of morpholine rings is 1. The Kier molecular flexibility index (Phi) is 4.35. The number of hydrogen-bond acceptors (Lipinski definition) is 4. The number of nitrogens with two attached hydrogens (primary N) is 1. The van der Waals surface area contributed by atoms with E-state index in [1.807, 2.05) is 6.92 Å². The first-order valence-electron chi connectivity index (χ1n) is 6.11. The van der Waals surface area contributed by atoms with Crippen LogP contribution >= 0.6 is 11.6 Å². The maximum absolute atomic E-state index is 12.6. The Bertz CT molecular complexity index is 562. The summed E-state index contributed by atoms with van der Waals surface area (Å²) in [5.41, 5.74) is 5.95. The van der Waals surface area contributed by atoms with E-state index in [0.29, 0.717) is 31.2 Å². The van der Waals surface area contributed by atoms with Gasteiger partial charge in [-0.3, -0.25) is 0 Å². The summed E-state index contributed by atoms with van der Waals surface area (Å²) < 4.78 is 32.1. The third-order valence-electron chi connectivity index (χ3n) is 3.20. The molecule has 7 heteroatoms. The van der Waals surface area contributed by atoms with Crippen LogP contribution in [0.1, 0.15) is 13.3 Å². The molecule has 1 aromatic rings. The number of halogens is 1. The Hall–Kier alpha value is -0.820. The molecular formula is C12H17ClN2O3S. The summed E-state index contributed by atoms with van der Waals surface area (Å²) in [6.45, 7) is 3.11. The van der Waals surface area contributed by atoms with Crippen LogP contribution in [0.15, 0.2) is 23.1 Å². The van der Waals surface area contributed by atoms with E-state index in [0.717, 1.165) is 0 Å². The molecular weight excluding hydrogens is 288 g/mol. The van der Waals surface area contributed by atoms with Crippen LogP contribution in [0.2, 0.25) is 5.02 Å². The molecule has 0 bridgehead atoms. The molecule has 106 valence electrons. The van der Waals surface area contributed by atoms with Crippen molar-refractivity contribution < 1.29 is 13.2 Å². The van der Waals surface area contributed by atoms with Crippen LogP contribution in [0, 0.1) is 0 Å². The summed E-state index contributed by atoms with van der Waals surface area (Å²) >= 11 is 5.80. The minimum absolute atomic E-state index is 0.109. The second kappa shape index (κ2) is 5.66. The van der Waals surface area contributed by atoms with Crippen LogP contribution < -0.4 is 5.73 Å². The second-order valence-corrected chi connectivity index (χ2v) is 6.73. The first-order valence-corrected chi connectivity index (χ1v) is 7.93. The van der Waals surface area contributed by atoms with Gasteiger partial charge in [0.1, 0.15) is 4.90 Å². The molecule has 1 aliphatic rings. The van der Waals surface area contributed by atoms with Crippen molar-refractivity contribution in [1.29, 1.82) is 0 Å². The molecule has 0 radical (unpaired) electrons. The number of hydrogen-bond donors (Lipinski definition) is 1. The second-order valence-electron chi connectivity index (χ2n) is 4.43. The van der Waals surface area contributed by atoms with E-state index in [2.05, 4.69) is 0 Å². The maximum Gasteiger partial charge on any atom is 0.245 e. The molecule has 19 heavy (non-hydrogen) atoms. The zero-order chi connectivity index (χ0) is 14.0. The highest BCUT2D eigenvalue weighted by atomic mass is 35.5. The lowest BCUT2D eigenvalue weighted by atomic mass is 10.2. The molecule has 0 aliphatic carbocycles. The lowest BCUT2D eigenvalue weighted by molar-refractivity contribution is 0.0314. The molecule has 1 fully saturated rings. The van der Waals surface area contributed by atoms with Gasteiger partial charge in [0.2, 0.25) is 10.0 Å². The van der Waals surface area contributed by atoms with E-state index in [4.69, 9.17) is 22.1 Å². The SMILES string of the molecule is CCC1COCCN1S(=O)(=O)c1ccc(Cl)cc1N. The van der Waals surface area contributed by atoms with Gasteiger partial charge in [0, 0.05) is 17.6 Å². The van der Waals surface area contributed by atoms with Crippen LogP contribution in [-0.4, -0.2) is 38.5 Å². The zero-order valence-corrected chi connectivity index (χ0v) is 12.2. The maximum atomic E-state index is 12.6. The van der Waals surface area contributed by atoms with Gasteiger partial charge in [-0.2, -0.15) is 4.31 Å². The highest BCUT2D eigenvalue weighted by molar-refractivity contribution is 7.89.